The quantitative estimate of drug-likeness (QED) is 0.717. The molecule has 5 nitrogen and oxygen atoms in total. The summed E-state index contributed by atoms with van der Waals surface area (Å²) in [6.45, 7) is 0.311. The lowest BCUT2D eigenvalue weighted by Gasteiger charge is -2.20. The molecule has 0 aliphatic heterocycles. The monoisotopic (exact) mass is 368 g/mol. The van der Waals surface area contributed by atoms with Crippen LogP contribution in [0.5, 0.6) is 0 Å². The maximum Gasteiger partial charge on any atom is 0.235 e. The van der Waals surface area contributed by atoms with Crippen LogP contribution in [-0.2, 0) is 21.4 Å². The van der Waals surface area contributed by atoms with Crippen molar-refractivity contribution in [3.63, 3.8) is 0 Å². The molecule has 1 N–H and O–H groups in total. The van der Waals surface area contributed by atoms with Gasteiger partial charge >= 0.3 is 0 Å². The summed E-state index contributed by atoms with van der Waals surface area (Å²) >= 11 is 0. The first-order valence-corrected chi connectivity index (χ1v) is 10.3. The van der Waals surface area contributed by atoms with E-state index in [4.69, 9.17) is 0 Å². The fourth-order valence-corrected chi connectivity index (χ4v) is 3.53. The van der Waals surface area contributed by atoms with Crippen molar-refractivity contribution in [3.8, 4) is 0 Å². The summed E-state index contributed by atoms with van der Waals surface area (Å²) in [5, 5.41) is 2.78. The molecule has 0 bridgehead atoms. The van der Waals surface area contributed by atoms with Gasteiger partial charge in [0, 0.05) is 13.1 Å². The van der Waals surface area contributed by atoms with Crippen molar-refractivity contribution in [1.82, 2.24) is 9.62 Å². The van der Waals surface area contributed by atoms with Crippen molar-refractivity contribution in [2.75, 3.05) is 19.3 Å². The Morgan fingerprint density at radius 3 is 2.56 bits per heavy atom. The Balaban J connectivity index is 1.87. The fraction of sp³-hybridized carbons (Fsp3) is 0.500. The molecule has 1 aliphatic carbocycles. The van der Waals surface area contributed by atoms with Crippen LogP contribution in [0.25, 0.3) is 0 Å². The van der Waals surface area contributed by atoms with Gasteiger partial charge in [0.05, 0.1) is 12.8 Å². The van der Waals surface area contributed by atoms with E-state index in [1.807, 2.05) is 0 Å². The Bertz CT molecular complexity index is 714. The zero-order valence-corrected chi connectivity index (χ0v) is 15.3. The van der Waals surface area contributed by atoms with E-state index < -0.39 is 10.0 Å². The lowest BCUT2D eigenvalue weighted by atomic mass is 9.97. The van der Waals surface area contributed by atoms with Gasteiger partial charge in [0.1, 0.15) is 5.82 Å². The van der Waals surface area contributed by atoms with Crippen LogP contribution in [0.1, 0.15) is 37.7 Å². The van der Waals surface area contributed by atoms with Crippen LogP contribution in [-0.4, -0.2) is 38.0 Å². The smallest absolute Gasteiger partial charge is 0.235 e. The van der Waals surface area contributed by atoms with E-state index in [1.165, 1.54) is 42.7 Å². The maximum atomic E-state index is 13.0. The van der Waals surface area contributed by atoms with Gasteiger partial charge in [0.25, 0.3) is 0 Å². The van der Waals surface area contributed by atoms with E-state index in [0.717, 1.165) is 29.8 Å². The van der Waals surface area contributed by atoms with E-state index in [1.54, 1.807) is 0 Å². The molecule has 0 fully saturated rings. The van der Waals surface area contributed by atoms with E-state index in [0.29, 0.717) is 12.1 Å². The van der Waals surface area contributed by atoms with Gasteiger partial charge in [0.2, 0.25) is 15.9 Å². The van der Waals surface area contributed by atoms with Gasteiger partial charge in [-0.2, -0.15) is 4.31 Å². The highest BCUT2D eigenvalue weighted by Gasteiger charge is 2.20. The van der Waals surface area contributed by atoms with Crippen molar-refractivity contribution >= 4 is 15.9 Å². The molecule has 2 rings (SSSR count). The summed E-state index contributed by atoms with van der Waals surface area (Å²) < 4.78 is 37.9. The number of hydrogen-bond donors (Lipinski definition) is 1. The van der Waals surface area contributed by atoms with Crippen LogP contribution >= 0.6 is 0 Å². The third-order valence-electron chi connectivity index (χ3n) is 4.21. The minimum absolute atomic E-state index is 0.0394. The lowest BCUT2D eigenvalue weighted by Crippen LogP contribution is -2.40. The predicted octanol–water partition coefficient (Wildman–Crippen LogP) is 2.59. The minimum Gasteiger partial charge on any atom is -0.355 e. The topological polar surface area (TPSA) is 66.5 Å². The predicted molar refractivity (Wildman–Crippen MR) is 95.8 cm³/mol. The van der Waals surface area contributed by atoms with Gasteiger partial charge in [0.15, 0.2) is 0 Å². The van der Waals surface area contributed by atoms with Crippen LogP contribution in [0.2, 0.25) is 0 Å². The van der Waals surface area contributed by atoms with Crippen LogP contribution in [0.15, 0.2) is 35.9 Å². The van der Waals surface area contributed by atoms with Gasteiger partial charge < -0.3 is 5.32 Å². The number of sulfonamides is 1. The summed E-state index contributed by atoms with van der Waals surface area (Å²) in [5.41, 5.74) is 1.99. The number of hydrogen-bond acceptors (Lipinski definition) is 3. The molecular weight excluding hydrogens is 343 g/mol. The molecule has 1 amide bonds. The number of carbonyl (C=O) groups excluding carboxylic acids is 1. The molecule has 0 heterocycles. The van der Waals surface area contributed by atoms with Gasteiger partial charge in [-0.15, -0.1) is 0 Å². The highest BCUT2D eigenvalue weighted by molar-refractivity contribution is 7.88. The summed E-state index contributed by atoms with van der Waals surface area (Å²) in [4.78, 5) is 12.1. The number of rotatable bonds is 8. The molecule has 7 heteroatoms. The molecule has 0 spiro atoms. The fourth-order valence-electron chi connectivity index (χ4n) is 2.79. The van der Waals surface area contributed by atoms with Crippen molar-refractivity contribution in [1.29, 1.82) is 0 Å². The molecule has 138 valence electrons. The van der Waals surface area contributed by atoms with Gasteiger partial charge in [-0.1, -0.05) is 23.8 Å². The second-order valence-electron chi connectivity index (χ2n) is 6.37. The lowest BCUT2D eigenvalue weighted by molar-refractivity contribution is -0.121. The number of nitrogens with zero attached hydrogens (tertiary/aromatic N) is 1. The average molecular weight is 368 g/mol. The van der Waals surface area contributed by atoms with Crippen molar-refractivity contribution in [2.45, 2.75) is 38.6 Å². The highest BCUT2D eigenvalue weighted by Crippen LogP contribution is 2.19. The van der Waals surface area contributed by atoms with Crippen molar-refractivity contribution in [2.24, 2.45) is 0 Å². The first-order chi connectivity index (χ1) is 11.8. The standard InChI is InChI=1S/C18H25FN2O3S/c1-25(23,24)21(13-16-7-9-17(19)10-8-16)14-18(22)20-12-11-15-5-3-2-4-6-15/h5,7-10H,2-4,6,11-14H2,1H3,(H,20,22). The molecule has 1 aromatic rings. The SMILES string of the molecule is CS(=O)(=O)N(CC(=O)NCCC1=CCCCC1)Cc1ccc(F)cc1. The molecule has 1 aliphatic rings. The maximum absolute atomic E-state index is 13.0. The Kier molecular flexibility index (Phi) is 7.13. The van der Waals surface area contributed by atoms with Crippen LogP contribution < -0.4 is 5.32 Å². The van der Waals surface area contributed by atoms with Crippen LogP contribution in [0.3, 0.4) is 0 Å². The number of amides is 1. The summed E-state index contributed by atoms with van der Waals surface area (Å²) in [6, 6.07) is 5.57. The third-order valence-corrected chi connectivity index (χ3v) is 5.41. The van der Waals surface area contributed by atoms with Gasteiger partial charge in [-0.05, 0) is 49.8 Å². The van der Waals surface area contributed by atoms with Gasteiger partial charge in [-0.25, -0.2) is 12.8 Å². The van der Waals surface area contributed by atoms with E-state index in [-0.39, 0.29) is 24.8 Å². The zero-order valence-electron chi connectivity index (χ0n) is 14.5. The number of benzene rings is 1. The largest absolute Gasteiger partial charge is 0.355 e. The molecule has 1 aromatic carbocycles. The zero-order chi connectivity index (χ0) is 18.3. The van der Waals surface area contributed by atoms with Crippen molar-refractivity contribution < 1.29 is 17.6 Å². The Morgan fingerprint density at radius 2 is 1.96 bits per heavy atom. The second-order valence-corrected chi connectivity index (χ2v) is 8.35. The van der Waals surface area contributed by atoms with Crippen molar-refractivity contribution in [3.05, 3.63) is 47.3 Å². The van der Waals surface area contributed by atoms with Crippen LogP contribution in [0.4, 0.5) is 4.39 Å². The summed E-state index contributed by atoms with van der Waals surface area (Å²) in [6.07, 6.45) is 8.70. The summed E-state index contributed by atoms with van der Waals surface area (Å²) in [5.74, 6) is -0.714. The molecule has 0 radical (unpaired) electrons. The highest BCUT2D eigenvalue weighted by atomic mass is 32.2. The normalized spacial score (nSPS) is 15.1. The number of carbonyl (C=O) groups is 1. The van der Waals surface area contributed by atoms with Crippen LogP contribution in [0, 0.1) is 5.82 Å². The Morgan fingerprint density at radius 1 is 1.24 bits per heavy atom. The molecule has 25 heavy (non-hydrogen) atoms. The first-order valence-electron chi connectivity index (χ1n) is 8.49. The molecular formula is C18H25FN2O3S. The molecule has 0 unspecified atom stereocenters. The first kappa shape index (κ1) is 19.6. The average Bonchev–Trinajstić information content (AvgIpc) is 2.56. The van der Waals surface area contributed by atoms with E-state index in [9.17, 15) is 17.6 Å². The minimum atomic E-state index is -3.55. The summed E-state index contributed by atoms with van der Waals surface area (Å²) in [7, 11) is -3.55. The Hall–Kier alpha value is -1.73. The molecule has 0 atom stereocenters. The Labute approximate surface area is 149 Å². The number of allylic oxidation sites excluding steroid dienone is 1. The third kappa shape index (κ3) is 6.96. The van der Waals surface area contributed by atoms with E-state index in [2.05, 4.69) is 11.4 Å². The van der Waals surface area contributed by atoms with Gasteiger partial charge in [-0.3, -0.25) is 4.79 Å². The number of halogens is 1. The molecule has 0 saturated heterocycles. The molecule has 0 aromatic heterocycles. The molecule has 0 saturated carbocycles. The second kappa shape index (κ2) is 9.10. The number of nitrogens with one attached hydrogen (secondary N) is 1. The van der Waals surface area contributed by atoms with E-state index >= 15 is 0 Å².